The van der Waals surface area contributed by atoms with Crippen molar-refractivity contribution in [1.29, 1.82) is 0 Å². The van der Waals surface area contributed by atoms with Crippen molar-refractivity contribution in [3.63, 3.8) is 0 Å². The number of fused-ring (bicyclic) bond motifs is 1. The van der Waals surface area contributed by atoms with E-state index in [1.807, 2.05) is 31.2 Å². The van der Waals surface area contributed by atoms with Crippen LogP contribution in [0.2, 0.25) is 0 Å². The van der Waals surface area contributed by atoms with Crippen LogP contribution in [-0.4, -0.2) is 53.0 Å². The van der Waals surface area contributed by atoms with Gasteiger partial charge in [-0.1, -0.05) is 25.1 Å². The maximum absolute atomic E-state index is 15.1. The molecule has 1 fully saturated rings. The van der Waals surface area contributed by atoms with Gasteiger partial charge in [0.2, 0.25) is 0 Å². The Hall–Kier alpha value is -3.83. The minimum atomic E-state index is -0.726. The van der Waals surface area contributed by atoms with Crippen molar-refractivity contribution in [3.05, 3.63) is 59.8 Å². The Bertz CT molecular complexity index is 1420. The average molecular weight is 540 g/mol. The number of aromatic nitrogens is 4. The Morgan fingerprint density at radius 3 is 2.67 bits per heavy atom. The highest BCUT2D eigenvalue weighted by molar-refractivity contribution is 5.91. The molecule has 5 rings (SSSR count). The van der Waals surface area contributed by atoms with Crippen LogP contribution in [0.5, 0.6) is 11.5 Å². The SMILES string of the molecule is COc1cnc(-c2nn(Cc3c(F)cc(OC[C@H](C)COC4CCCCO4)cc3F)c3ccccc23)nc1N. The number of methoxy groups -OCH3 is 1. The molecule has 9 nitrogen and oxygen atoms in total. The highest BCUT2D eigenvalue weighted by Gasteiger charge is 2.20. The van der Waals surface area contributed by atoms with Crippen molar-refractivity contribution in [1.82, 2.24) is 19.7 Å². The van der Waals surface area contributed by atoms with E-state index in [1.165, 1.54) is 30.1 Å². The van der Waals surface area contributed by atoms with E-state index in [-0.39, 0.29) is 48.3 Å². The van der Waals surface area contributed by atoms with E-state index in [4.69, 9.17) is 24.7 Å². The lowest BCUT2D eigenvalue weighted by Crippen LogP contribution is -2.26. The summed E-state index contributed by atoms with van der Waals surface area (Å²) in [6, 6.07) is 9.70. The molecule has 0 saturated carbocycles. The lowest BCUT2D eigenvalue weighted by Gasteiger charge is -2.24. The van der Waals surface area contributed by atoms with Gasteiger partial charge in [0.05, 0.1) is 38.6 Å². The van der Waals surface area contributed by atoms with Crippen LogP contribution in [0.1, 0.15) is 31.7 Å². The quantitative estimate of drug-likeness (QED) is 0.301. The van der Waals surface area contributed by atoms with Gasteiger partial charge in [-0.2, -0.15) is 5.10 Å². The summed E-state index contributed by atoms with van der Waals surface area (Å²) in [5, 5.41) is 5.30. The van der Waals surface area contributed by atoms with Crippen molar-refractivity contribution in [2.45, 2.75) is 39.0 Å². The maximum atomic E-state index is 15.1. The molecule has 11 heteroatoms. The zero-order valence-electron chi connectivity index (χ0n) is 21.9. The number of ether oxygens (including phenoxy) is 4. The van der Waals surface area contributed by atoms with Crippen LogP contribution in [0.15, 0.2) is 42.6 Å². The predicted octanol–water partition coefficient (Wildman–Crippen LogP) is 4.97. The van der Waals surface area contributed by atoms with E-state index in [9.17, 15) is 0 Å². The lowest BCUT2D eigenvalue weighted by molar-refractivity contribution is -0.169. The van der Waals surface area contributed by atoms with Crippen molar-refractivity contribution < 1.29 is 27.7 Å². The number of benzene rings is 2. The largest absolute Gasteiger partial charge is 0.493 e. The second kappa shape index (κ2) is 11.9. The zero-order chi connectivity index (χ0) is 27.4. The summed E-state index contributed by atoms with van der Waals surface area (Å²) in [4.78, 5) is 8.59. The fourth-order valence-corrected chi connectivity index (χ4v) is 4.43. The van der Waals surface area contributed by atoms with E-state index >= 15 is 8.78 Å². The van der Waals surface area contributed by atoms with Crippen LogP contribution >= 0.6 is 0 Å². The molecule has 206 valence electrons. The Balaban J connectivity index is 1.31. The van der Waals surface area contributed by atoms with Crippen LogP contribution in [-0.2, 0) is 16.0 Å². The highest BCUT2D eigenvalue weighted by Crippen LogP contribution is 2.30. The van der Waals surface area contributed by atoms with Gasteiger partial charge in [-0.05, 0) is 25.3 Å². The minimum absolute atomic E-state index is 0.0180. The van der Waals surface area contributed by atoms with E-state index in [2.05, 4.69) is 15.1 Å². The first-order chi connectivity index (χ1) is 18.9. The maximum Gasteiger partial charge on any atom is 0.182 e. The molecule has 2 atom stereocenters. The summed E-state index contributed by atoms with van der Waals surface area (Å²) >= 11 is 0. The van der Waals surface area contributed by atoms with Gasteiger partial charge in [0.1, 0.15) is 23.1 Å². The Labute approximate surface area is 224 Å². The molecule has 39 heavy (non-hydrogen) atoms. The Kier molecular flexibility index (Phi) is 8.18. The summed E-state index contributed by atoms with van der Waals surface area (Å²) in [5.74, 6) is -0.537. The molecule has 4 aromatic rings. The second-order valence-electron chi connectivity index (χ2n) is 9.58. The molecule has 1 aliphatic rings. The number of para-hydroxylation sites is 1. The summed E-state index contributed by atoms with van der Waals surface area (Å²) < 4.78 is 53.9. The number of nitrogens with zero attached hydrogens (tertiary/aromatic N) is 4. The van der Waals surface area contributed by atoms with Gasteiger partial charge >= 0.3 is 0 Å². The number of hydrogen-bond donors (Lipinski definition) is 1. The Morgan fingerprint density at radius 2 is 1.95 bits per heavy atom. The summed E-state index contributed by atoms with van der Waals surface area (Å²) in [6.07, 6.45) is 4.28. The molecule has 0 radical (unpaired) electrons. The van der Waals surface area contributed by atoms with Gasteiger partial charge in [0.25, 0.3) is 0 Å². The predicted molar refractivity (Wildman–Crippen MR) is 141 cm³/mol. The molecule has 2 aromatic carbocycles. The third-order valence-corrected chi connectivity index (χ3v) is 6.53. The molecule has 2 N–H and O–H groups in total. The van der Waals surface area contributed by atoms with Gasteiger partial charge in [-0.15, -0.1) is 0 Å². The van der Waals surface area contributed by atoms with Gasteiger partial charge in [0, 0.05) is 35.6 Å². The third-order valence-electron chi connectivity index (χ3n) is 6.53. The van der Waals surface area contributed by atoms with Crippen LogP contribution in [0, 0.1) is 17.6 Å². The van der Waals surface area contributed by atoms with Crippen LogP contribution in [0.3, 0.4) is 0 Å². The molecule has 2 aromatic heterocycles. The third kappa shape index (κ3) is 6.10. The first kappa shape index (κ1) is 26.8. The van der Waals surface area contributed by atoms with Crippen molar-refractivity contribution >= 4 is 16.7 Å². The van der Waals surface area contributed by atoms with Crippen molar-refractivity contribution in [2.75, 3.05) is 32.7 Å². The number of anilines is 1. The Morgan fingerprint density at radius 1 is 1.15 bits per heavy atom. The molecule has 3 heterocycles. The first-order valence-corrected chi connectivity index (χ1v) is 12.9. The standard InChI is InChI=1S/C28H31F2N5O4/c1-17(16-39-25-9-5-6-10-37-25)15-38-18-11-21(29)20(22(30)12-18)14-35-23-8-4-3-7-19(23)26(34-35)28-32-13-24(36-2)27(31)33-28/h3-4,7-8,11-13,17,25H,5-6,9-10,14-16H2,1-2H3,(H2,31,32,33)/t17-,25?/m0/s1. The molecule has 0 bridgehead atoms. The molecule has 0 aliphatic carbocycles. The molecule has 0 spiro atoms. The fraction of sp³-hybridized carbons (Fsp3) is 0.393. The van der Waals surface area contributed by atoms with Gasteiger partial charge < -0.3 is 24.7 Å². The van der Waals surface area contributed by atoms with Crippen molar-refractivity contribution in [3.8, 4) is 23.0 Å². The zero-order valence-corrected chi connectivity index (χ0v) is 21.9. The number of nitrogens with two attached hydrogens (primary N) is 1. The topological polar surface area (TPSA) is 107 Å². The number of rotatable bonds is 10. The normalized spacial score (nSPS) is 16.4. The van der Waals surface area contributed by atoms with E-state index in [0.717, 1.165) is 24.6 Å². The van der Waals surface area contributed by atoms with Crippen molar-refractivity contribution in [2.24, 2.45) is 5.92 Å². The van der Waals surface area contributed by atoms with Crippen LogP contribution in [0.4, 0.5) is 14.6 Å². The number of hydrogen-bond acceptors (Lipinski definition) is 8. The molecule has 1 aliphatic heterocycles. The molecule has 1 saturated heterocycles. The van der Waals surface area contributed by atoms with Gasteiger partial charge in [-0.3, -0.25) is 4.68 Å². The lowest BCUT2D eigenvalue weighted by atomic mass is 10.1. The summed E-state index contributed by atoms with van der Waals surface area (Å²) in [5.41, 5.74) is 6.93. The number of nitrogen functional groups attached to an aromatic ring is 1. The van der Waals surface area contributed by atoms with E-state index < -0.39 is 11.6 Å². The second-order valence-corrected chi connectivity index (χ2v) is 9.58. The van der Waals surface area contributed by atoms with Gasteiger partial charge in [-0.25, -0.2) is 18.7 Å². The van der Waals surface area contributed by atoms with Crippen LogP contribution in [0.25, 0.3) is 22.4 Å². The van der Waals surface area contributed by atoms with E-state index in [1.54, 1.807) is 0 Å². The minimum Gasteiger partial charge on any atom is -0.493 e. The average Bonchev–Trinajstić information content (AvgIpc) is 3.31. The first-order valence-electron chi connectivity index (χ1n) is 12.9. The van der Waals surface area contributed by atoms with Gasteiger partial charge in [0.15, 0.2) is 23.7 Å². The monoisotopic (exact) mass is 539 g/mol. The molecule has 1 unspecified atom stereocenters. The summed E-state index contributed by atoms with van der Waals surface area (Å²) in [6.45, 7) is 3.20. The smallest absolute Gasteiger partial charge is 0.182 e. The van der Waals surface area contributed by atoms with Crippen LogP contribution < -0.4 is 15.2 Å². The summed E-state index contributed by atoms with van der Waals surface area (Å²) in [7, 11) is 1.47. The molecule has 0 amide bonds. The molecular weight excluding hydrogens is 508 g/mol. The van der Waals surface area contributed by atoms with E-state index in [0.29, 0.717) is 30.2 Å². The molecular formula is C28H31F2N5O4. The number of halogens is 2. The highest BCUT2D eigenvalue weighted by atomic mass is 19.1. The fourth-order valence-electron chi connectivity index (χ4n) is 4.43.